The molecule has 108 heavy (non-hydrogen) atoms. The Hall–Kier alpha value is -13.2. The van der Waals surface area contributed by atoms with Crippen LogP contribution in [0.2, 0.25) is 0 Å². The Bertz CT molecular complexity index is 7340. The molecule has 0 atom stereocenters. The monoisotopic (exact) mass is 1390 g/mol. The summed E-state index contributed by atoms with van der Waals surface area (Å²) in [5.74, 6) is 0. The number of fused-ring (bicyclic) bond motifs is 24. The predicted molar refractivity (Wildman–Crippen MR) is 455 cm³/mol. The Morgan fingerprint density at radius 3 is 1.09 bits per heavy atom. The molecule has 6 nitrogen and oxygen atoms in total. The standard InChI is InChI=1S/C99H60B2N6S/c1-99(2)73-29-7-13-38-83(73)102(84-39-14-8-30-74(84)99)62-47-43-57(44-48-62)60-55-89-93-90(56-60)107-82-37-12-6-24-68(82)72-51-61(52-78(97(72)107)101(93)77-33-19-28-71-67-23-5-11-36-81(67)106(89)96(71)77)64-25-20-41-86-98(64)108-91-42-16-15-40-85(91)103(86)63-49-45-58(46-50-63)59-53-87-92-88(54-59)105-80-35-10-4-22-66(80)70-27-18-32-76(95(70)105)100(92)75-31-17-26-69-65-21-3-9-34-79(65)104(87)94(69)75/h3-56H,1-2H3. The smallest absolute Gasteiger partial charge is 0.252 e. The van der Waals surface area contributed by atoms with Gasteiger partial charge in [0.1, 0.15) is 0 Å². The van der Waals surface area contributed by atoms with E-state index in [9.17, 15) is 0 Å². The number of benzene rings is 16. The van der Waals surface area contributed by atoms with E-state index in [1.807, 2.05) is 11.8 Å². The number of para-hydroxylation sites is 10. The first-order valence-electron chi connectivity index (χ1n) is 37.8. The molecule has 498 valence electrons. The van der Waals surface area contributed by atoms with Gasteiger partial charge in [0.2, 0.25) is 0 Å². The van der Waals surface area contributed by atoms with Crippen LogP contribution >= 0.6 is 11.8 Å². The van der Waals surface area contributed by atoms with Crippen LogP contribution in [-0.2, 0) is 5.41 Å². The van der Waals surface area contributed by atoms with Crippen LogP contribution in [0.25, 0.3) is 143 Å². The average Bonchev–Trinajstić information content (AvgIpc) is 1.48. The van der Waals surface area contributed by atoms with E-state index >= 15 is 0 Å². The Balaban J connectivity index is 0.640. The highest BCUT2D eigenvalue weighted by molar-refractivity contribution is 8.00. The lowest BCUT2D eigenvalue weighted by molar-refractivity contribution is 0.632. The molecule has 10 heterocycles. The van der Waals surface area contributed by atoms with Crippen LogP contribution in [0, 0.1) is 0 Å². The minimum atomic E-state index is -0.142. The number of hydrogen-bond acceptors (Lipinski definition) is 3. The highest BCUT2D eigenvalue weighted by Crippen LogP contribution is 2.57. The second-order valence-corrected chi connectivity index (χ2v) is 32.0. The zero-order chi connectivity index (χ0) is 70.3. The minimum Gasteiger partial charge on any atom is -0.310 e. The van der Waals surface area contributed by atoms with Crippen LogP contribution in [0.5, 0.6) is 0 Å². The topological polar surface area (TPSA) is 26.2 Å². The Labute approximate surface area is 627 Å². The lowest BCUT2D eigenvalue weighted by atomic mass is 9.34. The highest BCUT2D eigenvalue weighted by atomic mass is 32.2. The maximum absolute atomic E-state index is 2.63. The van der Waals surface area contributed by atoms with Crippen LogP contribution in [-0.4, -0.2) is 31.7 Å². The summed E-state index contributed by atoms with van der Waals surface area (Å²) in [4.78, 5) is 7.45. The second kappa shape index (κ2) is 20.6. The molecular formula is C99H60B2N6S. The molecular weight excluding hydrogens is 1330 g/mol. The first kappa shape index (κ1) is 58.1. The van der Waals surface area contributed by atoms with Gasteiger partial charge < -0.3 is 28.1 Å². The van der Waals surface area contributed by atoms with Crippen LogP contribution in [0.15, 0.2) is 337 Å². The van der Waals surface area contributed by atoms with Crippen molar-refractivity contribution in [1.29, 1.82) is 0 Å². The SMILES string of the molecule is CC1(C)c2ccccc2N(c2ccc(-c3cc4c5c(c3)-n3c6ccccc6c6cc(-c7cccc8c7Sc7ccccc7N8c7ccc(-c8cc9c%10c(c8)-n8c%11ccccc%11c%11cccc(c%118)B%10c8cccc%10c%11ccccc%11n-9c8%10)cc7)cc(c63)B5c3cccc5c6ccccc6n-4c35)cc2)c2ccccc21. The molecule has 9 heteroatoms. The van der Waals surface area contributed by atoms with Crippen molar-refractivity contribution in [3.8, 4) is 56.1 Å². The van der Waals surface area contributed by atoms with Crippen molar-refractivity contribution in [2.75, 3.05) is 9.80 Å². The van der Waals surface area contributed by atoms with E-state index in [2.05, 4.69) is 369 Å². The summed E-state index contributed by atoms with van der Waals surface area (Å²) in [6.07, 6.45) is 0. The average molecular weight is 1390 g/mol. The van der Waals surface area contributed by atoms with Crippen molar-refractivity contribution >= 4 is 179 Å². The summed E-state index contributed by atoms with van der Waals surface area (Å²) in [6.45, 7) is 4.73. The summed E-state index contributed by atoms with van der Waals surface area (Å²) in [5, 5.41) is 10.2. The normalized spacial score (nSPS) is 14.2. The van der Waals surface area contributed by atoms with E-state index in [1.54, 1.807) is 0 Å². The van der Waals surface area contributed by atoms with Crippen molar-refractivity contribution in [2.24, 2.45) is 0 Å². The van der Waals surface area contributed by atoms with E-state index in [0.717, 1.165) is 11.4 Å². The quantitative estimate of drug-likeness (QED) is 0.161. The number of anilines is 6. The third-order valence-corrected chi connectivity index (χ3v) is 26.7. The lowest BCUT2D eigenvalue weighted by Crippen LogP contribution is -2.59. The van der Waals surface area contributed by atoms with Crippen molar-refractivity contribution in [3.05, 3.63) is 339 Å². The van der Waals surface area contributed by atoms with Gasteiger partial charge in [-0.15, -0.1) is 0 Å². The third kappa shape index (κ3) is 7.28. The molecule has 0 saturated heterocycles. The molecule has 0 unspecified atom stereocenters. The van der Waals surface area contributed by atoms with E-state index in [4.69, 9.17) is 0 Å². The van der Waals surface area contributed by atoms with E-state index < -0.39 is 0 Å². The largest absolute Gasteiger partial charge is 0.310 e. The first-order valence-corrected chi connectivity index (χ1v) is 38.6. The molecule has 0 radical (unpaired) electrons. The summed E-state index contributed by atoms with van der Waals surface area (Å²) in [7, 11) is 0. The molecule has 0 N–H and O–H groups in total. The molecule has 6 aliphatic rings. The van der Waals surface area contributed by atoms with Crippen LogP contribution in [0.1, 0.15) is 25.0 Å². The van der Waals surface area contributed by atoms with Gasteiger partial charge in [0.15, 0.2) is 0 Å². The minimum absolute atomic E-state index is 0.0630. The fourth-order valence-electron chi connectivity index (χ4n) is 21.0. The van der Waals surface area contributed by atoms with Gasteiger partial charge in [-0.05, 0) is 186 Å². The van der Waals surface area contributed by atoms with Gasteiger partial charge in [0.25, 0.3) is 13.4 Å². The molecule has 0 aliphatic carbocycles. The summed E-state index contributed by atoms with van der Waals surface area (Å²) in [5.41, 5.74) is 39.9. The molecule has 0 bridgehead atoms. The Kier molecular flexibility index (Phi) is 11.1. The molecule has 16 aromatic carbocycles. The lowest BCUT2D eigenvalue weighted by Gasteiger charge is -2.42. The van der Waals surface area contributed by atoms with E-state index in [-0.39, 0.29) is 18.8 Å². The zero-order valence-electron chi connectivity index (χ0n) is 58.9. The second-order valence-electron chi connectivity index (χ2n) is 31.0. The maximum Gasteiger partial charge on any atom is 0.252 e. The number of hydrogen-bond donors (Lipinski definition) is 0. The van der Waals surface area contributed by atoms with Gasteiger partial charge in [-0.1, -0.05) is 244 Å². The molecule has 4 aromatic heterocycles. The van der Waals surface area contributed by atoms with E-state index in [1.165, 1.54) is 220 Å². The zero-order valence-corrected chi connectivity index (χ0v) is 59.7. The van der Waals surface area contributed by atoms with Crippen molar-refractivity contribution in [2.45, 2.75) is 29.1 Å². The van der Waals surface area contributed by atoms with E-state index in [0.29, 0.717) is 0 Å². The van der Waals surface area contributed by atoms with Gasteiger partial charge in [0.05, 0.1) is 44.8 Å². The number of rotatable bonds is 5. The van der Waals surface area contributed by atoms with Gasteiger partial charge in [-0.2, -0.15) is 0 Å². The number of aromatic nitrogens is 4. The Morgan fingerprint density at radius 1 is 0.259 bits per heavy atom. The first-order chi connectivity index (χ1) is 53.4. The van der Waals surface area contributed by atoms with Crippen LogP contribution in [0.3, 0.4) is 0 Å². The van der Waals surface area contributed by atoms with Gasteiger partial charge in [-0.3, -0.25) is 0 Å². The molecule has 26 rings (SSSR count). The Morgan fingerprint density at radius 2 is 0.620 bits per heavy atom. The summed E-state index contributed by atoms with van der Waals surface area (Å²) < 4.78 is 10.4. The third-order valence-electron chi connectivity index (χ3n) is 25.5. The molecule has 0 saturated carbocycles. The molecule has 20 aromatic rings. The maximum atomic E-state index is 2.63. The van der Waals surface area contributed by atoms with Crippen molar-refractivity contribution < 1.29 is 0 Å². The van der Waals surface area contributed by atoms with Gasteiger partial charge >= 0.3 is 0 Å². The van der Waals surface area contributed by atoms with Crippen molar-refractivity contribution in [1.82, 2.24) is 18.3 Å². The highest BCUT2D eigenvalue weighted by Gasteiger charge is 2.45. The molecule has 0 amide bonds. The fourth-order valence-corrected chi connectivity index (χ4v) is 22.2. The molecule has 0 fully saturated rings. The van der Waals surface area contributed by atoms with Gasteiger partial charge in [-0.25, -0.2) is 0 Å². The fraction of sp³-hybridized carbons (Fsp3) is 0.0303. The summed E-state index contributed by atoms with van der Waals surface area (Å²) in [6, 6.07) is 125. The summed E-state index contributed by atoms with van der Waals surface area (Å²) >= 11 is 1.90. The number of nitrogens with zero attached hydrogens (tertiary/aromatic N) is 6. The van der Waals surface area contributed by atoms with Crippen LogP contribution in [0.4, 0.5) is 34.1 Å². The van der Waals surface area contributed by atoms with Gasteiger partial charge in [0, 0.05) is 114 Å². The predicted octanol–water partition coefficient (Wildman–Crippen LogP) is 21.4. The van der Waals surface area contributed by atoms with Crippen molar-refractivity contribution in [3.63, 3.8) is 0 Å². The van der Waals surface area contributed by atoms with Crippen LogP contribution < -0.4 is 42.6 Å². The molecule has 6 aliphatic heterocycles. The molecule has 0 spiro atoms.